The van der Waals surface area contributed by atoms with Crippen LogP contribution in [0.15, 0.2) is 54.7 Å². The number of ether oxygens (including phenoxy) is 2. The first-order valence-electron chi connectivity index (χ1n) is 10.1. The number of nitrogens with one attached hydrogen (secondary N) is 1. The summed E-state index contributed by atoms with van der Waals surface area (Å²) >= 11 is 0. The summed E-state index contributed by atoms with van der Waals surface area (Å²) in [6.07, 6.45) is -2.86. The largest absolute Gasteiger partial charge is 0.495 e. The monoisotopic (exact) mass is 456 g/mol. The van der Waals surface area contributed by atoms with Gasteiger partial charge in [-0.05, 0) is 42.5 Å². The Morgan fingerprint density at radius 3 is 2.76 bits per heavy atom. The average Bonchev–Trinajstić information content (AvgIpc) is 3.25. The van der Waals surface area contributed by atoms with Crippen molar-refractivity contribution in [3.63, 3.8) is 0 Å². The number of benzene rings is 2. The molecule has 10 heteroatoms. The molecule has 0 spiro atoms. The molecule has 0 saturated carbocycles. The first-order valence-corrected chi connectivity index (χ1v) is 10.1. The van der Waals surface area contributed by atoms with Gasteiger partial charge in [-0.15, -0.1) is 0 Å². The third-order valence-corrected chi connectivity index (χ3v) is 5.52. The van der Waals surface area contributed by atoms with Crippen molar-refractivity contribution >= 4 is 22.5 Å². The Hall–Kier alpha value is -3.79. The van der Waals surface area contributed by atoms with E-state index in [4.69, 9.17) is 9.47 Å². The van der Waals surface area contributed by atoms with Crippen LogP contribution in [0.5, 0.6) is 11.5 Å². The van der Waals surface area contributed by atoms with Gasteiger partial charge in [-0.25, -0.2) is 9.97 Å². The van der Waals surface area contributed by atoms with Crippen LogP contribution in [0.1, 0.15) is 5.56 Å². The topological polar surface area (TPSA) is 83.5 Å². The van der Waals surface area contributed by atoms with Crippen LogP contribution >= 0.6 is 0 Å². The van der Waals surface area contributed by atoms with Gasteiger partial charge in [0.1, 0.15) is 24.0 Å². The van der Waals surface area contributed by atoms with Crippen molar-refractivity contribution in [1.29, 1.82) is 0 Å². The van der Waals surface area contributed by atoms with Crippen molar-refractivity contribution in [3.05, 3.63) is 60.3 Å². The molecule has 33 heavy (non-hydrogen) atoms. The lowest BCUT2D eigenvalue weighted by Crippen LogP contribution is -2.43. The molecule has 0 unspecified atom stereocenters. The molecule has 2 N–H and O–H groups in total. The molecule has 170 valence electrons. The van der Waals surface area contributed by atoms with Crippen molar-refractivity contribution in [3.8, 4) is 22.9 Å². The number of rotatable bonds is 4. The van der Waals surface area contributed by atoms with E-state index in [0.717, 1.165) is 12.1 Å². The molecule has 0 radical (unpaired) electrons. The van der Waals surface area contributed by atoms with Gasteiger partial charge in [-0.1, -0.05) is 6.07 Å². The minimum absolute atomic E-state index is 0.164. The van der Waals surface area contributed by atoms with E-state index in [-0.39, 0.29) is 24.8 Å². The first kappa shape index (κ1) is 21.1. The lowest BCUT2D eigenvalue weighted by Gasteiger charge is -2.37. The molecule has 4 aromatic rings. The highest BCUT2D eigenvalue weighted by molar-refractivity contribution is 5.85. The molecule has 0 amide bonds. The second-order valence-electron chi connectivity index (χ2n) is 7.54. The standard InChI is InChI=1S/C23H19F3N4O3/c1-32-15-6-8-20(27-10-15)30-14(11-31)12-33-21-16(3-2-4-19(21)30)22-28-17-7-5-13(23(24,25)26)9-18(17)29-22/h2-10,14,31H,11-12H2,1H3,(H,28,29)/t14-/m0/s1. The predicted octanol–water partition coefficient (Wildman–Crippen LogP) is 4.54. The highest BCUT2D eigenvalue weighted by atomic mass is 19.4. The van der Waals surface area contributed by atoms with Crippen molar-refractivity contribution in [1.82, 2.24) is 15.0 Å². The fraction of sp³-hybridized carbons (Fsp3) is 0.217. The molecule has 3 heterocycles. The highest BCUT2D eigenvalue weighted by Crippen LogP contribution is 2.44. The second-order valence-corrected chi connectivity index (χ2v) is 7.54. The van der Waals surface area contributed by atoms with E-state index in [0.29, 0.717) is 39.9 Å². The van der Waals surface area contributed by atoms with Gasteiger partial charge in [0.15, 0.2) is 5.75 Å². The van der Waals surface area contributed by atoms with Crippen LogP contribution < -0.4 is 14.4 Å². The van der Waals surface area contributed by atoms with E-state index < -0.39 is 11.7 Å². The molecular weight excluding hydrogens is 437 g/mol. The van der Waals surface area contributed by atoms with Gasteiger partial charge in [0.25, 0.3) is 0 Å². The Balaban J connectivity index is 1.60. The predicted molar refractivity (Wildman–Crippen MR) is 116 cm³/mol. The molecule has 2 aromatic heterocycles. The summed E-state index contributed by atoms with van der Waals surface area (Å²) in [6, 6.07) is 12.0. The molecular formula is C23H19F3N4O3. The summed E-state index contributed by atoms with van der Waals surface area (Å²) in [6.45, 7) is 0.0227. The van der Waals surface area contributed by atoms with Crippen molar-refractivity contribution in [2.24, 2.45) is 0 Å². The van der Waals surface area contributed by atoms with Crippen LogP contribution in [0.3, 0.4) is 0 Å². The van der Waals surface area contributed by atoms with Gasteiger partial charge in [0, 0.05) is 0 Å². The summed E-state index contributed by atoms with van der Waals surface area (Å²) in [5.74, 6) is 2.07. The van der Waals surface area contributed by atoms with E-state index in [1.807, 2.05) is 11.0 Å². The third kappa shape index (κ3) is 3.72. The van der Waals surface area contributed by atoms with Gasteiger partial charge >= 0.3 is 6.18 Å². The van der Waals surface area contributed by atoms with E-state index >= 15 is 0 Å². The van der Waals surface area contributed by atoms with E-state index in [1.54, 1.807) is 37.6 Å². The lowest BCUT2D eigenvalue weighted by atomic mass is 10.1. The van der Waals surface area contributed by atoms with Gasteiger partial charge in [-0.2, -0.15) is 13.2 Å². The minimum Gasteiger partial charge on any atom is -0.495 e. The number of imidazole rings is 1. The summed E-state index contributed by atoms with van der Waals surface area (Å²) < 4.78 is 50.5. The van der Waals surface area contributed by atoms with Crippen LogP contribution in [0.2, 0.25) is 0 Å². The van der Waals surface area contributed by atoms with Crippen LogP contribution in [0.25, 0.3) is 22.4 Å². The summed E-state index contributed by atoms with van der Waals surface area (Å²) in [7, 11) is 1.55. The number of fused-ring (bicyclic) bond motifs is 2. The van der Waals surface area contributed by atoms with E-state index in [2.05, 4.69) is 15.0 Å². The van der Waals surface area contributed by atoms with Gasteiger partial charge < -0.3 is 24.5 Å². The number of para-hydroxylation sites is 1. The average molecular weight is 456 g/mol. The Morgan fingerprint density at radius 2 is 2.06 bits per heavy atom. The van der Waals surface area contributed by atoms with Gasteiger partial charge in [0.2, 0.25) is 0 Å². The number of aliphatic hydroxyl groups is 1. The lowest BCUT2D eigenvalue weighted by molar-refractivity contribution is -0.137. The second kappa shape index (κ2) is 7.96. The first-order chi connectivity index (χ1) is 15.9. The highest BCUT2D eigenvalue weighted by Gasteiger charge is 2.33. The number of H-pyrrole nitrogens is 1. The van der Waals surface area contributed by atoms with Crippen LogP contribution in [-0.2, 0) is 6.18 Å². The van der Waals surface area contributed by atoms with Crippen LogP contribution in [0, 0.1) is 0 Å². The minimum atomic E-state index is -4.44. The maximum atomic E-state index is 13.1. The number of anilines is 2. The maximum Gasteiger partial charge on any atom is 0.416 e. The third-order valence-electron chi connectivity index (χ3n) is 5.52. The van der Waals surface area contributed by atoms with Crippen molar-refractivity contribution < 1.29 is 27.8 Å². The number of aliphatic hydroxyl groups excluding tert-OH is 1. The number of pyridine rings is 1. The summed E-state index contributed by atoms with van der Waals surface area (Å²) in [5.41, 5.74) is 1.18. The summed E-state index contributed by atoms with van der Waals surface area (Å²) in [5, 5.41) is 9.94. The zero-order valence-corrected chi connectivity index (χ0v) is 17.4. The fourth-order valence-electron chi connectivity index (χ4n) is 3.90. The number of alkyl halides is 3. The number of halogens is 3. The smallest absolute Gasteiger partial charge is 0.416 e. The normalized spacial score (nSPS) is 15.9. The molecule has 0 aliphatic carbocycles. The number of nitrogens with zero attached hydrogens (tertiary/aromatic N) is 3. The quantitative estimate of drug-likeness (QED) is 0.469. The fourth-order valence-corrected chi connectivity index (χ4v) is 3.90. The molecule has 0 bridgehead atoms. The van der Waals surface area contributed by atoms with Gasteiger partial charge in [-0.3, -0.25) is 0 Å². The van der Waals surface area contributed by atoms with Crippen molar-refractivity contribution in [2.45, 2.75) is 12.2 Å². The Labute approximate surface area is 186 Å². The summed E-state index contributed by atoms with van der Waals surface area (Å²) in [4.78, 5) is 13.8. The molecule has 0 fully saturated rings. The Morgan fingerprint density at radius 1 is 1.21 bits per heavy atom. The Bertz CT molecular complexity index is 1300. The van der Waals surface area contributed by atoms with Crippen molar-refractivity contribution in [2.75, 3.05) is 25.2 Å². The number of aromatic nitrogens is 3. The number of aromatic amines is 1. The molecule has 0 saturated heterocycles. The van der Waals surface area contributed by atoms with Gasteiger partial charge in [0.05, 0.1) is 53.8 Å². The number of hydrogen-bond donors (Lipinski definition) is 2. The van der Waals surface area contributed by atoms with Crippen LogP contribution in [-0.4, -0.2) is 46.4 Å². The zero-order chi connectivity index (χ0) is 23.2. The number of hydrogen-bond acceptors (Lipinski definition) is 6. The van der Waals surface area contributed by atoms with E-state index in [1.165, 1.54) is 6.07 Å². The molecule has 1 aliphatic rings. The molecule has 2 aromatic carbocycles. The molecule has 1 atom stereocenters. The maximum absolute atomic E-state index is 13.1. The SMILES string of the molecule is COc1ccc(N2c3cccc(-c4nc5ccc(C(F)(F)F)cc5[nH]4)c3OC[C@@H]2CO)nc1. The van der Waals surface area contributed by atoms with Crippen LogP contribution in [0.4, 0.5) is 24.7 Å². The zero-order valence-electron chi connectivity index (χ0n) is 17.4. The molecule has 5 rings (SSSR count). The number of methoxy groups -OCH3 is 1. The Kier molecular flexibility index (Phi) is 5.09. The van der Waals surface area contributed by atoms with E-state index in [9.17, 15) is 18.3 Å². The molecule has 7 nitrogen and oxygen atoms in total. The molecule has 1 aliphatic heterocycles.